The van der Waals surface area contributed by atoms with Crippen molar-refractivity contribution in [3.63, 3.8) is 0 Å². The number of H-pyrrole nitrogens is 1. The van der Waals surface area contributed by atoms with Gasteiger partial charge in [0.2, 0.25) is 17.7 Å². The van der Waals surface area contributed by atoms with Gasteiger partial charge in [-0.05, 0) is 49.9 Å². The van der Waals surface area contributed by atoms with Gasteiger partial charge in [-0.2, -0.15) is 0 Å². The summed E-state index contributed by atoms with van der Waals surface area (Å²) in [6.07, 6.45) is 4.12. The van der Waals surface area contributed by atoms with Gasteiger partial charge in [0.05, 0.1) is 19.0 Å². The molecule has 2 aromatic rings. The van der Waals surface area contributed by atoms with E-state index in [9.17, 15) is 34.5 Å². The molecule has 0 saturated heterocycles. The van der Waals surface area contributed by atoms with Crippen molar-refractivity contribution < 1.29 is 34.5 Å². The minimum absolute atomic E-state index is 0.0277. The monoisotopic (exact) mass is 533 g/mol. The van der Waals surface area contributed by atoms with Gasteiger partial charge in [0.15, 0.2) is 0 Å². The first kappa shape index (κ1) is 30.2. The molecule has 0 aliphatic heterocycles. The van der Waals surface area contributed by atoms with Crippen LogP contribution < -0.4 is 27.4 Å². The number of benzene rings is 1. The topological polar surface area (TPSA) is 246 Å². The highest BCUT2D eigenvalue weighted by molar-refractivity contribution is 5.94. The number of carbonyl (C=O) groups excluding carboxylic acids is 3. The Balaban J connectivity index is 2.07. The molecule has 1 aromatic carbocycles. The van der Waals surface area contributed by atoms with Crippen LogP contribution in [0, 0.1) is 0 Å². The third-order valence-electron chi connectivity index (χ3n) is 5.72. The molecule has 0 aliphatic carbocycles. The van der Waals surface area contributed by atoms with E-state index in [-0.39, 0.29) is 25.0 Å². The van der Waals surface area contributed by atoms with Crippen LogP contribution in [0.4, 0.5) is 0 Å². The number of aromatic hydroxyl groups is 1. The lowest BCUT2D eigenvalue weighted by Crippen LogP contribution is -2.58. The number of aliphatic hydroxyl groups is 1. The summed E-state index contributed by atoms with van der Waals surface area (Å²) >= 11 is 0. The maximum absolute atomic E-state index is 13.1. The first-order valence-corrected chi connectivity index (χ1v) is 12.1. The van der Waals surface area contributed by atoms with Crippen molar-refractivity contribution in [1.82, 2.24) is 25.9 Å². The number of hydrogen-bond acceptors (Lipinski definition) is 9. The second kappa shape index (κ2) is 15.3. The quantitative estimate of drug-likeness (QED) is 0.106. The number of phenolic OH excluding ortho intramolecular Hbond substituents is 1. The van der Waals surface area contributed by atoms with Gasteiger partial charge in [-0.1, -0.05) is 12.1 Å². The average molecular weight is 534 g/mol. The van der Waals surface area contributed by atoms with Crippen molar-refractivity contribution in [1.29, 1.82) is 0 Å². The Morgan fingerprint density at radius 3 is 2.13 bits per heavy atom. The van der Waals surface area contributed by atoms with E-state index >= 15 is 0 Å². The zero-order chi connectivity index (χ0) is 28.1. The molecule has 0 bridgehead atoms. The van der Waals surface area contributed by atoms with Gasteiger partial charge in [0.1, 0.15) is 23.9 Å². The number of phenols is 1. The number of aromatic nitrogens is 2. The Hall–Kier alpha value is -4.01. The first-order chi connectivity index (χ1) is 18.1. The second-order valence-corrected chi connectivity index (χ2v) is 8.75. The van der Waals surface area contributed by atoms with Crippen molar-refractivity contribution in [3.05, 3.63) is 48.0 Å². The Morgan fingerprint density at radius 2 is 1.55 bits per heavy atom. The molecule has 0 fully saturated rings. The number of nitrogens with two attached hydrogens (primary N) is 2. The molecule has 2 rings (SSSR count). The third-order valence-corrected chi connectivity index (χ3v) is 5.72. The number of amides is 3. The van der Waals surface area contributed by atoms with E-state index in [1.165, 1.54) is 24.7 Å². The fourth-order valence-electron chi connectivity index (χ4n) is 3.57. The van der Waals surface area contributed by atoms with Crippen LogP contribution in [-0.2, 0) is 32.0 Å². The molecule has 0 saturated carbocycles. The van der Waals surface area contributed by atoms with Crippen LogP contribution in [0.3, 0.4) is 0 Å². The standard InChI is InChI=1S/C24H35N7O7/c25-8-2-1-3-18(24(37)38)29-23(36)20(12-32)31-22(35)19(10-15-11-27-13-28-15)30-21(34)17(26)9-14-4-6-16(33)7-5-14/h4-7,11,13,17-20,32-33H,1-3,8-10,12,25-26H2,(H,27,28)(H,29,36)(H,30,34)(H,31,35)(H,37,38). The molecule has 11 N–H and O–H groups in total. The van der Waals surface area contributed by atoms with Crippen molar-refractivity contribution in [3.8, 4) is 5.75 Å². The summed E-state index contributed by atoms with van der Waals surface area (Å²) in [7, 11) is 0. The van der Waals surface area contributed by atoms with Gasteiger partial charge in [0.25, 0.3) is 0 Å². The lowest BCUT2D eigenvalue weighted by Gasteiger charge is -2.24. The Kier molecular flexibility index (Phi) is 12.2. The number of aliphatic carboxylic acids is 1. The maximum Gasteiger partial charge on any atom is 0.326 e. The van der Waals surface area contributed by atoms with E-state index in [4.69, 9.17) is 11.5 Å². The molecule has 3 amide bonds. The molecule has 0 aliphatic rings. The van der Waals surface area contributed by atoms with E-state index in [2.05, 4.69) is 25.9 Å². The minimum atomic E-state index is -1.47. The number of unbranched alkanes of at least 4 members (excludes halogenated alkanes) is 1. The molecule has 1 heterocycles. The Bertz CT molecular complexity index is 1050. The highest BCUT2D eigenvalue weighted by atomic mass is 16.4. The van der Waals surface area contributed by atoms with Gasteiger partial charge in [-0.3, -0.25) is 14.4 Å². The molecule has 14 nitrogen and oxygen atoms in total. The summed E-state index contributed by atoms with van der Waals surface area (Å²) < 4.78 is 0. The van der Waals surface area contributed by atoms with Crippen LogP contribution in [0.15, 0.2) is 36.8 Å². The van der Waals surface area contributed by atoms with E-state index in [1.54, 1.807) is 12.1 Å². The van der Waals surface area contributed by atoms with E-state index in [0.717, 1.165) is 0 Å². The molecule has 0 spiro atoms. The van der Waals surface area contributed by atoms with Crippen LogP contribution in [0.25, 0.3) is 0 Å². The summed E-state index contributed by atoms with van der Waals surface area (Å²) in [5.41, 5.74) is 12.6. The van der Waals surface area contributed by atoms with Crippen LogP contribution in [0.2, 0.25) is 0 Å². The SMILES string of the molecule is NCCCCC(NC(=O)C(CO)NC(=O)C(Cc1cnc[nH]1)NC(=O)C(N)Cc1ccc(O)cc1)C(=O)O. The normalized spacial score (nSPS) is 14.1. The highest BCUT2D eigenvalue weighted by Crippen LogP contribution is 2.11. The summed E-state index contributed by atoms with van der Waals surface area (Å²) in [5.74, 6) is -3.53. The molecule has 4 unspecified atom stereocenters. The molecule has 208 valence electrons. The van der Waals surface area contributed by atoms with Crippen molar-refractivity contribution in [2.45, 2.75) is 56.3 Å². The predicted octanol–water partition coefficient (Wildman–Crippen LogP) is -2.11. The lowest BCUT2D eigenvalue weighted by atomic mass is 10.0. The Labute approximate surface area is 219 Å². The van der Waals surface area contributed by atoms with Crippen LogP contribution in [0.1, 0.15) is 30.5 Å². The molecule has 14 heteroatoms. The number of aliphatic hydroxyl groups excluding tert-OH is 1. The largest absolute Gasteiger partial charge is 0.508 e. The minimum Gasteiger partial charge on any atom is -0.508 e. The van der Waals surface area contributed by atoms with Gasteiger partial charge in [0, 0.05) is 18.3 Å². The van der Waals surface area contributed by atoms with Crippen molar-refractivity contribution in [2.24, 2.45) is 11.5 Å². The zero-order valence-electron chi connectivity index (χ0n) is 20.8. The van der Waals surface area contributed by atoms with Gasteiger partial charge >= 0.3 is 5.97 Å². The summed E-state index contributed by atoms with van der Waals surface area (Å²) in [4.78, 5) is 56.7. The number of aromatic amines is 1. The average Bonchev–Trinajstić information content (AvgIpc) is 3.40. The fraction of sp³-hybridized carbons (Fsp3) is 0.458. The molecule has 1 aromatic heterocycles. The number of nitrogens with one attached hydrogen (secondary N) is 4. The summed E-state index contributed by atoms with van der Waals surface area (Å²) in [6, 6.07) is 1.23. The number of rotatable bonds is 16. The molecular weight excluding hydrogens is 498 g/mol. The highest BCUT2D eigenvalue weighted by Gasteiger charge is 2.30. The molecule has 4 atom stereocenters. The molecular formula is C24H35N7O7. The Morgan fingerprint density at radius 1 is 0.921 bits per heavy atom. The molecule has 0 radical (unpaired) electrons. The maximum atomic E-state index is 13.1. The number of hydrogen-bond donors (Lipinski definition) is 9. The van der Waals surface area contributed by atoms with Gasteiger partial charge < -0.3 is 47.7 Å². The van der Waals surface area contributed by atoms with Crippen molar-refractivity contribution in [2.75, 3.05) is 13.2 Å². The predicted molar refractivity (Wildman–Crippen MR) is 135 cm³/mol. The number of imidazole rings is 1. The number of carbonyl (C=O) groups is 4. The fourth-order valence-corrected chi connectivity index (χ4v) is 3.57. The third kappa shape index (κ3) is 9.80. The van der Waals surface area contributed by atoms with Gasteiger partial charge in [-0.15, -0.1) is 0 Å². The second-order valence-electron chi connectivity index (χ2n) is 8.75. The van der Waals surface area contributed by atoms with E-state index < -0.39 is 54.5 Å². The first-order valence-electron chi connectivity index (χ1n) is 12.1. The van der Waals surface area contributed by atoms with Crippen LogP contribution >= 0.6 is 0 Å². The van der Waals surface area contributed by atoms with Crippen LogP contribution in [0.5, 0.6) is 5.75 Å². The zero-order valence-corrected chi connectivity index (χ0v) is 20.8. The summed E-state index contributed by atoms with van der Waals surface area (Å²) in [5, 5.41) is 35.7. The van der Waals surface area contributed by atoms with Crippen molar-refractivity contribution >= 4 is 23.7 Å². The van der Waals surface area contributed by atoms with E-state index in [1.807, 2.05) is 0 Å². The van der Waals surface area contributed by atoms with Crippen LogP contribution in [-0.4, -0.2) is 86.3 Å². The number of nitrogens with zero attached hydrogens (tertiary/aromatic N) is 1. The van der Waals surface area contributed by atoms with E-state index in [0.29, 0.717) is 30.6 Å². The number of carboxylic acids is 1. The summed E-state index contributed by atoms with van der Waals surface area (Å²) in [6.45, 7) is -0.435. The smallest absolute Gasteiger partial charge is 0.326 e. The van der Waals surface area contributed by atoms with Gasteiger partial charge in [-0.25, -0.2) is 9.78 Å². The number of carboxylic acid groups (broad SMARTS) is 1. The lowest BCUT2D eigenvalue weighted by molar-refractivity contribution is -0.142. The molecule has 38 heavy (non-hydrogen) atoms.